The molecule has 110 valence electrons. The van der Waals surface area contributed by atoms with Crippen LogP contribution in [0.3, 0.4) is 0 Å². The van der Waals surface area contributed by atoms with E-state index in [2.05, 4.69) is 0 Å². The van der Waals surface area contributed by atoms with Crippen molar-refractivity contribution in [2.75, 3.05) is 0 Å². The number of hydrogen-bond acceptors (Lipinski definition) is 5. The highest BCUT2D eigenvalue weighted by atomic mass is 16.6. The smallest absolute Gasteiger partial charge is 0.373 e. The normalized spacial score (nSPS) is 14.0. The van der Waals surface area contributed by atoms with Crippen LogP contribution in [0.4, 0.5) is 0 Å². The predicted molar refractivity (Wildman–Crippen MR) is 70.1 cm³/mol. The minimum absolute atomic E-state index is 0.0255. The van der Waals surface area contributed by atoms with Crippen molar-refractivity contribution in [1.29, 1.82) is 0 Å². The molecule has 0 aromatic rings. The number of carbonyl (C=O) groups is 1. The largest absolute Gasteiger partial charge is 0.457 e. The van der Waals surface area contributed by atoms with Gasteiger partial charge in [0.05, 0.1) is 6.10 Å². The Hall–Kier alpha value is -1.45. The zero-order valence-corrected chi connectivity index (χ0v) is 12.3. The molecule has 0 fully saturated rings. The molecule has 5 nitrogen and oxygen atoms in total. The summed E-state index contributed by atoms with van der Waals surface area (Å²) >= 11 is 0. The lowest BCUT2D eigenvalue weighted by Gasteiger charge is -2.19. The number of rotatable bonds is 5. The topological polar surface area (TPSA) is 80.7 Å². The summed E-state index contributed by atoms with van der Waals surface area (Å²) in [6.45, 7) is 9.41. The third-order valence-corrected chi connectivity index (χ3v) is 2.27. The molecule has 0 aliphatic rings. The first-order valence-electron chi connectivity index (χ1n) is 6.30. The van der Waals surface area contributed by atoms with Gasteiger partial charge in [-0.15, -0.1) is 0 Å². The summed E-state index contributed by atoms with van der Waals surface area (Å²) in [5.74, 6) is -0.327. The fourth-order valence-electron chi connectivity index (χ4n) is 1.38. The molecule has 0 saturated carbocycles. The number of aliphatic hydroxyl groups is 1. The van der Waals surface area contributed by atoms with E-state index < -0.39 is 5.60 Å². The van der Waals surface area contributed by atoms with Crippen molar-refractivity contribution in [3.63, 3.8) is 0 Å². The van der Waals surface area contributed by atoms with Crippen LogP contribution >= 0.6 is 0 Å². The van der Waals surface area contributed by atoms with Gasteiger partial charge in [0, 0.05) is 12.0 Å². The highest BCUT2D eigenvalue weighted by Crippen LogP contribution is 2.14. The van der Waals surface area contributed by atoms with Gasteiger partial charge in [0.15, 0.2) is 0 Å². The molecule has 19 heavy (non-hydrogen) atoms. The lowest BCUT2D eigenvalue weighted by atomic mass is 9.97. The van der Waals surface area contributed by atoms with E-state index in [1.54, 1.807) is 6.08 Å². The van der Waals surface area contributed by atoms with Crippen molar-refractivity contribution in [2.24, 2.45) is 5.92 Å². The van der Waals surface area contributed by atoms with Crippen molar-refractivity contribution in [1.82, 2.24) is 0 Å². The van der Waals surface area contributed by atoms with Gasteiger partial charge in [-0.1, -0.05) is 19.9 Å². The number of aliphatic hydroxyl groups excluding tert-OH is 1. The Bertz CT molecular complexity index is 308. The van der Waals surface area contributed by atoms with Gasteiger partial charge in [-0.2, -0.15) is 9.59 Å². The standard InChI is InChI=1S/C13H24O3.CO2/c1-6-10(11(14)7-2)8-9-12(15)16-13(3,4)5;2-1-3/h8-11,14H,6-7H2,1-5H3;/b9-8+;/t10-,11+;/m1./s1. The van der Waals surface area contributed by atoms with Crippen LogP contribution in [-0.4, -0.2) is 28.9 Å². The lowest BCUT2D eigenvalue weighted by molar-refractivity contribution is -0.191. The molecule has 0 aromatic carbocycles. The third-order valence-electron chi connectivity index (χ3n) is 2.27. The van der Waals surface area contributed by atoms with E-state index in [9.17, 15) is 9.90 Å². The van der Waals surface area contributed by atoms with E-state index in [1.165, 1.54) is 6.08 Å². The van der Waals surface area contributed by atoms with E-state index in [1.807, 2.05) is 34.6 Å². The second-order valence-electron chi connectivity index (χ2n) is 5.02. The molecule has 0 radical (unpaired) electrons. The van der Waals surface area contributed by atoms with Crippen LogP contribution in [-0.2, 0) is 19.1 Å². The molecule has 0 aromatic heterocycles. The molecule has 0 bridgehead atoms. The summed E-state index contributed by atoms with van der Waals surface area (Å²) in [6.07, 6.45) is 4.52. The van der Waals surface area contributed by atoms with Gasteiger partial charge in [0.1, 0.15) is 5.60 Å². The Morgan fingerprint density at radius 1 is 1.26 bits per heavy atom. The molecule has 0 aliphatic carbocycles. The van der Waals surface area contributed by atoms with Gasteiger partial charge in [-0.3, -0.25) is 0 Å². The maximum atomic E-state index is 11.4. The Labute approximate surface area is 114 Å². The maximum Gasteiger partial charge on any atom is 0.373 e. The first-order chi connectivity index (χ1) is 8.71. The maximum absolute atomic E-state index is 11.4. The summed E-state index contributed by atoms with van der Waals surface area (Å²) in [4.78, 5) is 27.6. The van der Waals surface area contributed by atoms with Gasteiger partial charge in [-0.25, -0.2) is 4.79 Å². The van der Waals surface area contributed by atoms with Gasteiger partial charge < -0.3 is 9.84 Å². The SMILES string of the molecule is CC[C@H](O)[C@@H](/C=C/C(=O)OC(C)(C)C)CC.O=C=O. The molecule has 0 rings (SSSR count). The molecule has 0 spiro atoms. The van der Waals surface area contributed by atoms with Crippen molar-refractivity contribution < 1.29 is 24.2 Å². The second-order valence-corrected chi connectivity index (χ2v) is 5.02. The fourth-order valence-corrected chi connectivity index (χ4v) is 1.38. The van der Waals surface area contributed by atoms with Crippen LogP contribution in [0.15, 0.2) is 12.2 Å². The van der Waals surface area contributed by atoms with Crippen molar-refractivity contribution in [3.8, 4) is 0 Å². The molecule has 2 atom stereocenters. The highest BCUT2D eigenvalue weighted by molar-refractivity contribution is 5.82. The minimum atomic E-state index is -0.466. The van der Waals surface area contributed by atoms with Crippen LogP contribution in [0, 0.1) is 5.92 Å². The molecule has 0 unspecified atom stereocenters. The van der Waals surface area contributed by atoms with E-state index >= 15 is 0 Å². The molecular weight excluding hydrogens is 248 g/mol. The zero-order valence-electron chi connectivity index (χ0n) is 12.3. The molecule has 0 saturated heterocycles. The van der Waals surface area contributed by atoms with Gasteiger partial charge in [0.2, 0.25) is 0 Å². The number of hydrogen-bond donors (Lipinski definition) is 1. The van der Waals surface area contributed by atoms with E-state index in [4.69, 9.17) is 14.3 Å². The highest BCUT2D eigenvalue weighted by Gasteiger charge is 2.16. The summed E-state index contributed by atoms with van der Waals surface area (Å²) in [7, 11) is 0. The summed E-state index contributed by atoms with van der Waals surface area (Å²) in [6, 6.07) is 0. The Morgan fingerprint density at radius 3 is 2.05 bits per heavy atom. The Kier molecular flexibility index (Phi) is 11.0. The molecule has 0 amide bonds. The fraction of sp³-hybridized carbons (Fsp3) is 0.714. The summed E-state index contributed by atoms with van der Waals surface area (Å²) in [5.41, 5.74) is -0.466. The first kappa shape index (κ1) is 19.9. The van der Waals surface area contributed by atoms with Gasteiger partial charge in [-0.05, 0) is 33.6 Å². The lowest BCUT2D eigenvalue weighted by Crippen LogP contribution is -2.23. The average Bonchev–Trinajstić information content (AvgIpc) is 2.28. The van der Waals surface area contributed by atoms with Crippen LogP contribution in [0.5, 0.6) is 0 Å². The molecule has 1 N–H and O–H groups in total. The zero-order chi connectivity index (χ0) is 15.5. The van der Waals surface area contributed by atoms with E-state index in [0.29, 0.717) is 6.42 Å². The Balaban J connectivity index is 0. The number of ether oxygens (including phenoxy) is 1. The predicted octanol–water partition coefficient (Wildman–Crippen LogP) is 2.10. The minimum Gasteiger partial charge on any atom is -0.457 e. The Morgan fingerprint density at radius 2 is 1.74 bits per heavy atom. The average molecular weight is 272 g/mol. The summed E-state index contributed by atoms with van der Waals surface area (Å²) in [5, 5.41) is 9.66. The summed E-state index contributed by atoms with van der Waals surface area (Å²) < 4.78 is 5.14. The van der Waals surface area contributed by atoms with Crippen molar-refractivity contribution >= 4 is 12.1 Å². The van der Waals surface area contributed by atoms with Crippen LogP contribution < -0.4 is 0 Å². The quantitative estimate of drug-likeness (QED) is 0.612. The van der Waals surface area contributed by atoms with E-state index in [0.717, 1.165) is 6.42 Å². The van der Waals surface area contributed by atoms with Gasteiger partial charge >= 0.3 is 12.1 Å². The monoisotopic (exact) mass is 272 g/mol. The van der Waals surface area contributed by atoms with Crippen LogP contribution in [0.1, 0.15) is 47.5 Å². The molecule has 0 heterocycles. The van der Waals surface area contributed by atoms with Crippen molar-refractivity contribution in [3.05, 3.63) is 12.2 Å². The molecule has 0 aliphatic heterocycles. The second kappa shape index (κ2) is 10.5. The molecule has 5 heteroatoms. The van der Waals surface area contributed by atoms with Crippen molar-refractivity contribution in [2.45, 2.75) is 59.2 Å². The van der Waals surface area contributed by atoms with Crippen LogP contribution in [0.2, 0.25) is 0 Å². The number of carbonyl (C=O) groups excluding carboxylic acids is 3. The molecular formula is C14H24O5. The van der Waals surface area contributed by atoms with Crippen LogP contribution in [0.25, 0.3) is 0 Å². The number of esters is 1. The van der Waals surface area contributed by atoms with Gasteiger partial charge in [0.25, 0.3) is 0 Å². The third kappa shape index (κ3) is 12.8. The first-order valence-corrected chi connectivity index (χ1v) is 6.30. The van der Waals surface area contributed by atoms with E-state index in [-0.39, 0.29) is 24.1 Å².